The van der Waals surface area contributed by atoms with Crippen LogP contribution in [0, 0.1) is 5.92 Å². The van der Waals surface area contributed by atoms with Crippen LogP contribution in [0.2, 0.25) is 0 Å². The minimum absolute atomic E-state index is 0.158. The van der Waals surface area contributed by atoms with E-state index in [0.29, 0.717) is 29.1 Å². The van der Waals surface area contributed by atoms with Crippen molar-refractivity contribution < 1.29 is 22.8 Å². The number of hydrogen-bond acceptors (Lipinski definition) is 4. The number of hydrogen-bond donors (Lipinski definition) is 4. The van der Waals surface area contributed by atoms with E-state index >= 15 is 0 Å². The highest BCUT2D eigenvalue weighted by Gasteiger charge is 2.31. The van der Waals surface area contributed by atoms with Crippen LogP contribution in [0.4, 0.5) is 30.2 Å². The fourth-order valence-corrected chi connectivity index (χ4v) is 4.43. The van der Waals surface area contributed by atoms with Crippen molar-refractivity contribution in [3.8, 4) is 0 Å². The predicted molar refractivity (Wildman–Crippen MR) is 161 cm³/mol. The smallest absolute Gasteiger partial charge is 0.351 e. The van der Waals surface area contributed by atoms with Gasteiger partial charge in [0.15, 0.2) is 0 Å². The molecule has 4 N–H and O–H groups in total. The zero-order chi connectivity index (χ0) is 30.3. The van der Waals surface area contributed by atoms with Gasteiger partial charge in [0.05, 0.1) is 11.6 Å². The first-order chi connectivity index (χ1) is 20.0. The molecule has 1 atom stereocenters. The first-order valence-corrected chi connectivity index (χ1v) is 13.9. The number of benzene rings is 3. The molecule has 1 unspecified atom stereocenters. The van der Waals surface area contributed by atoms with Gasteiger partial charge in [0.1, 0.15) is 5.70 Å². The molecule has 3 aromatic carbocycles. The van der Waals surface area contributed by atoms with Gasteiger partial charge in [-0.2, -0.15) is 13.2 Å². The zero-order valence-corrected chi connectivity index (χ0v) is 23.6. The van der Waals surface area contributed by atoms with Crippen LogP contribution in [-0.4, -0.2) is 24.5 Å². The molecular weight excluding hydrogens is 541 g/mol. The molecule has 4 rings (SSSR count). The molecule has 3 aromatic rings. The SMILES string of the molecule is C=C(/C=C(\Nc1cccc(CC)c1)C(=O)Nc1cccc(C(NCC2CC2)c2ccc(NC(C)=O)cc2)c1)C(F)(F)F. The van der Waals surface area contributed by atoms with E-state index in [1.54, 1.807) is 36.4 Å². The molecule has 42 heavy (non-hydrogen) atoms. The first-order valence-electron chi connectivity index (χ1n) is 13.9. The van der Waals surface area contributed by atoms with Gasteiger partial charge in [-0.15, -0.1) is 0 Å². The number of amides is 2. The molecule has 0 radical (unpaired) electrons. The highest BCUT2D eigenvalue weighted by Crippen LogP contribution is 2.31. The number of anilines is 3. The third kappa shape index (κ3) is 8.81. The molecule has 1 saturated carbocycles. The van der Waals surface area contributed by atoms with Crippen molar-refractivity contribution in [3.63, 3.8) is 0 Å². The summed E-state index contributed by atoms with van der Waals surface area (Å²) in [4.78, 5) is 24.8. The van der Waals surface area contributed by atoms with Crippen LogP contribution in [0.25, 0.3) is 0 Å². The second-order valence-corrected chi connectivity index (χ2v) is 10.4. The molecule has 0 aliphatic heterocycles. The molecule has 0 saturated heterocycles. The van der Waals surface area contributed by atoms with Gasteiger partial charge in [0.25, 0.3) is 5.91 Å². The largest absolute Gasteiger partial charge is 0.415 e. The maximum absolute atomic E-state index is 13.3. The highest BCUT2D eigenvalue weighted by atomic mass is 19.4. The lowest BCUT2D eigenvalue weighted by molar-refractivity contribution is -0.114. The van der Waals surface area contributed by atoms with Gasteiger partial charge < -0.3 is 21.3 Å². The minimum Gasteiger partial charge on any atom is -0.351 e. The quantitative estimate of drug-likeness (QED) is 0.134. The van der Waals surface area contributed by atoms with Gasteiger partial charge in [-0.05, 0) is 90.9 Å². The summed E-state index contributed by atoms with van der Waals surface area (Å²) in [7, 11) is 0. The number of carbonyl (C=O) groups is 2. The number of aryl methyl sites for hydroxylation is 1. The van der Waals surface area contributed by atoms with Crippen molar-refractivity contribution in [2.45, 2.75) is 45.3 Å². The molecule has 1 aliphatic carbocycles. The Labute approximate surface area is 244 Å². The third-order valence-corrected chi connectivity index (χ3v) is 6.89. The summed E-state index contributed by atoms with van der Waals surface area (Å²) in [5.74, 6) is -0.281. The topological polar surface area (TPSA) is 82.3 Å². The van der Waals surface area contributed by atoms with Crippen LogP contribution >= 0.6 is 0 Å². The molecule has 220 valence electrons. The van der Waals surface area contributed by atoms with Gasteiger partial charge in [-0.1, -0.05) is 49.9 Å². The van der Waals surface area contributed by atoms with Crippen molar-refractivity contribution in [1.29, 1.82) is 0 Å². The maximum Gasteiger partial charge on any atom is 0.415 e. The lowest BCUT2D eigenvalue weighted by atomic mass is 9.97. The lowest BCUT2D eigenvalue weighted by Crippen LogP contribution is -2.25. The second-order valence-electron chi connectivity index (χ2n) is 10.4. The molecule has 1 aliphatic rings. The Morgan fingerprint density at radius 1 is 0.905 bits per heavy atom. The number of alkyl halides is 3. The number of nitrogens with one attached hydrogen (secondary N) is 4. The maximum atomic E-state index is 13.3. The monoisotopic (exact) mass is 576 g/mol. The molecule has 0 bridgehead atoms. The van der Waals surface area contributed by atoms with Gasteiger partial charge in [-0.3, -0.25) is 9.59 Å². The molecule has 9 heteroatoms. The van der Waals surface area contributed by atoms with Gasteiger partial charge in [0, 0.05) is 24.0 Å². The second kappa shape index (κ2) is 13.5. The highest BCUT2D eigenvalue weighted by molar-refractivity contribution is 6.06. The lowest BCUT2D eigenvalue weighted by Gasteiger charge is -2.21. The van der Waals surface area contributed by atoms with Crippen LogP contribution < -0.4 is 21.3 Å². The Bertz CT molecular complexity index is 1460. The Morgan fingerprint density at radius 2 is 1.57 bits per heavy atom. The summed E-state index contributed by atoms with van der Waals surface area (Å²) in [6.45, 7) is 7.34. The molecule has 0 aromatic heterocycles. The van der Waals surface area contributed by atoms with E-state index < -0.39 is 17.7 Å². The molecule has 0 spiro atoms. The van der Waals surface area contributed by atoms with Crippen molar-refractivity contribution in [2.75, 3.05) is 22.5 Å². The Hall–Kier alpha value is -4.37. The van der Waals surface area contributed by atoms with E-state index in [2.05, 4.69) is 27.8 Å². The minimum atomic E-state index is -4.69. The van der Waals surface area contributed by atoms with Crippen molar-refractivity contribution >= 4 is 28.9 Å². The van der Waals surface area contributed by atoms with Gasteiger partial charge in [0.2, 0.25) is 5.91 Å². The number of allylic oxidation sites excluding steroid dienone is 2. The molecule has 2 amide bonds. The summed E-state index contributed by atoms with van der Waals surface area (Å²) in [6, 6.07) is 21.7. The van der Waals surface area contributed by atoms with Crippen LogP contribution in [0.15, 0.2) is 96.7 Å². The Kier molecular flexibility index (Phi) is 9.85. The van der Waals surface area contributed by atoms with Gasteiger partial charge in [-0.25, -0.2) is 0 Å². The number of halogens is 3. The molecule has 0 heterocycles. The van der Waals surface area contributed by atoms with Crippen LogP contribution in [-0.2, 0) is 16.0 Å². The summed E-state index contributed by atoms with van der Waals surface area (Å²) in [6.07, 6.45) is -0.898. The van der Waals surface area contributed by atoms with Crippen LogP contribution in [0.1, 0.15) is 49.4 Å². The van der Waals surface area contributed by atoms with Crippen LogP contribution in [0.3, 0.4) is 0 Å². The molecule has 6 nitrogen and oxygen atoms in total. The zero-order valence-electron chi connectivity index (χ0n) is 23.6. The average molecular weight is 577 g/mol. The average Bonchev–Trinajstić information content (AvgIpc) is 3.78. The van der Waals surface area contributed by atoms with Crippen LogP contribution in [0.5, 0.6) is 0 Å². The van der Waals surface area contributed by atoms with E-state index in [-0.39, 0.29) is 17.6 Å². The summed E-state index contributed by atoms with van der Waals surface area (Å²) in [5.41, 5.74) is 2.98. The van der Waals surface area contributed by atoms with E-state index in [9.17, 15) is 22.8 Å². The molecular formula is C33H35F3N4O2. The number of rotatable bonds is 12. The molecule has 1 fully saturated rings. The van der Waals surface area contributed by atoms with Crippen molar-refractivity contribution in [3.05, 3.63) is 113 Å². The summed E-state index contributed by atoms with van der Waals surface area (Å²) < 4.78 is 40.0. The Morgan fingerprint density at radius 3 is 2.19 bits per heavy atom. The van der Waals surface area contributed by atoms with E-state index in [1.807, 2.05) is 43.3 Å². The van der Waals surface area contributed by atoms with E-state index in [0.717, 1.165) is 29.7 Å². The third-order valence-electron chi connectivity index (χ3n) is 6.89. The number of carbonyl (C=O) groups excluding carboxylic acids is 2. The van der Waals surface area contributed by atoms with Gasteiger partial charge >= 0.3 is 6.18 Å². The fraction of sp³-hybridized carbons (Fsp3) is 0.273. The first kappa shape index (κ1) is 30.6. The summed E-state index contributed by atoms with van der Waals surface area (Å²) in [5, 5.41) is 12.0. The van der Waals surface area contributed by atoms with E-state index in [1.165, 1.54) is 19.8 Å². The summed E-state index contributed by atoms with van der Waals surface area (Å²) >= 11 is 0. The normalized spacial score (nSPS) is 14.2. The Balaban J connectivity index is 1.59. The predicted octanol–water partition coefficient (Wildman–Crippen LogP) is 7.35. The van der Waals surface area contributed by atoms with Crippen molar-refractivity contribution in [2.24, 2.45) is 5.92 Å². The standard InChI is InChI=1S/C33H35F3N4O2/c1-4-23-7-5-9-28(18-23)39-30(17-21(2)33(34,35)36)32(42)40-29-10-6-8-26(19-29)31(37-20-24-11-12-24)25-13-15-27(16-14-25)38-22(3)41/h5-10,13-19,24,31,37,39H,2,4,11-12,20H2,1,3H3,(H,38,41)(H,40,42)/b30-17-. The van der Waals surface area contributed by atoms with E-state index in [4.69, 9.17) is 0 Å². The fourth-order valence-electron chi connectivity index (χ4n) is 4.43. The van der Waals surface area contributed by atoms with Crippen molar-refractivity contribution in [1.82, 2.24) is 5.32 Å².